The van der Waals surface area contributed by atoms with Crippen LogP contribution in [0.1, 0.15) is 18.1 Å². The molecule has 3 aromatic heterocycles. The number of carbonyl (C=O) groups excluding carboxylic acids is 1. The number of pyridine rings is 2. The highest BCUT2D eigenvalue weighted by atomic mass is 19.4. The Morgan fingerprint density at radius 1 is 1.38 bits per heavy atom. The van der Waals surface area contributed by atoms with Crippen LogP contribution in [0.3, 0.4) is 0 Å². The summed E-state index contributed by atoms with van der Waals surface area (Å²) >= 11 is 0. The Bertz CT molecular complexity index is 1030. The van der Waals surface area contributed by atoms with Gasteiger partial charge in [0.05, 0.1) is 17.4 Å². The number of anilines is 1. The Morgan fingerprint density at radius 2 is 2.14 bits per heavy atom. The van der Waals surface area contributed by atoms with Crippen LogP contribution in [0.4, 0.5) is 19.0 Å². The number of amides is 1. The average molecular weight is 409 g/mol. The second kappa shape index (κ2) is 8.03. The van der Waals surface area contributed by atoms with Crippen LogP contribution >= 0.6 is 0 Å². The van der Waals surface area contributed by atoms with Crippen molar-refractivity contribution in [2.45, 2.75) is 32.7 Å². The average Bonchev–Trinajstić information content (AvgIpc) is 3.03. The molecule has 3 aromatic rings. The monoisotopic (exact) mass is 409 g/mol. The molecule has 0 spiro atoms. The molecule has 154 valence electrons. The number of nitrogens with one attached hydrogen (secondary N) is 1. The van der Waals surface area contributed by atoms with E-state index in [4.69, 9.17) is 4.74 Å². The molecule has 2 N–H and O–H groups in total. The van der Waals surface area contributed by atoms with E-state index in [2.05, 4.69) is 20.4 Å². The molecule has 0 saturated heterocycles. The highest BCUT2D eigenvalue weighted by Gasteiger charge is 2.29. The fourth-order valence-corrected chi connectivity index (χ4v) is 2.59. The molecule has 0 saturated carbocycles. The van der Waals surface area contributed by atoms with Crippen molar-refractivity contribution < 1.29 is 27.8 Å². The maximum atomic E-state index is 12.3. The van der Waals surface area contributed by atoms with Crippen LogP contribution in [0, 0.1) is 6.92 Å². The molecule has 29 heavy (non-hydrogen) atoms. The van der Waals surface area contributed by atoms with Crippen molar-refractivity contribution in [3.05, 3.63) is 41.9 Å². The maximum absolute atomic E-state index is 12.3. The van der Waals surface area contributed by atoms with Gasteiger partial charge in [-0.05, 0) is 31.5 Å². The molecule has 3 rings (SSSR count). The van der Waals surface area contributed by atoms with Gasteiger partial charge in [0.2, 0.25) is 5.88 Å². The Hall–Kier alpha value is -3.21. The van der Waals surface area contributed by atoms with Crippen LogP contribution in [0.25, 0.3) is 10.9 Å². The Balaban J connectivity index is 1.78. The normalized spacial score (nSPS) is 12.8. The lowest BCUT2D eigenvalue weighted by Gasteiger charge is -2.11. The minimum absolute atomic E-state index is 0.0796. The molecule has 8 nitrogen and oxygen atoms in total. The summed E-state index contributed by atoms with van der Waals surface area (Å²) in [7, 11) is 0. The summed E-state index contributed by atoms with van der Waals surface area (Å²) in [5.41, 5.74) is 1.75. The topological polar surface area (TPSA) is 102 Å². The Labute approximate surface area is 163 Å². The van der Waals surface area contributed by atoms with Crippen LogP contribution in [0.2, 0.25) is 0 Å². The molecular weight excluding hydrogens is 391 g/mol. The summed E-state index contributed by atoms with van der Waals surface area (Å²) in [6.45, 7) is 1.84. The molecule has 0 aliphatic carbocycles. The smallest absolute Gasteiger partial charge is 0.422 e. The van der Waals surface area contributed by atoms with Gasteiger partial charge in [-0.1, -0.05) is 0 Å². The minimum Gasteiger partial charge on any atom is -0.468 e. The number of aliphatic hydroxyl groups is 1. The van der Waals surface area contributed by atoms with Crippen molar-refractivity contribution in [3.63, 3.8) is 0 Å². The molecule has 0 radical (unpaired) electrons. The first-order valence-corrected chi connectivity index (χ1v) is 8.58. The van der Waals surface area contributed by atoms with E-state index >= 15 is 0 Å². The number of alkyl halides is 3. The molecule has 0 bridgehead atoms. The van der Waals surface area contributed by atoms with Gasteiger partial charge in [0.25, 0.3) is 5.91 Å². The van der Waals surface area contributed by atoms with Gasteiger partial charge in [-0.3, -0.25) is 9.48 Å². The molecule has 3 heterocycles. The fourth-order valence-electron chi connectivity index (χ4n) is 2.59. The molecular formula is C18H18F3N5O3. The molecule has 0 aromatic carbocycles. The molecule has 0 aliphatic rings. The lowest BCUT2D eigenvalue weighted by atomic mass is 10.2. The SMILES string of the molecule is Cc1cc(Cn2cc3c(NC(=O)C(C)O)nccc3n2)cnc1OCC(F)(F)F. The van der Waals surface area contributed by atoms with E-state index in [0.29, 0.717) is 28.6 Å². The van der Waals surface area contributed by atoms with E-state index in [-0.39, 0.29) is 11.7 Å². The first-order chi connectivity index (χ1) is 13.6. The second-order valence-electron chi connectivity index (χ2n) is 6.45. The zero-order chi connectivity index (χ0) is 21.2. The molecule has 11 heteroatoms. The van der Waals surface area contributed by atoms with Crippen molar-refractivity contribution in [1.82, 2.24) is 19.7 Å². The van der Waals surface area contributed by atoms with E-state index in [1.807, 2.05) is 0 Å². The number of aryl methyl sites for hydroxylation is 1. The van der Waals surface area contributed by atoms with Crippen molar-refractivity contribution in [1.29, 1.82) is 0 Å². The standard InChI is InChI=1S/C18H18F3N5O3/c1-10-5-12(6-23-17(10)29-9-18(19,20)21)7-26-8-13-14(25-26)3-4-22-15(13)24-16(28)11(2)27/h3-6,8,11,27H,7,9H2,1-2H3,(H,22,24,28). The van der Waals surface area contributed by atoms with Gasteiger partial charge in [0.15, 0.2) is 6.61 Å². The predicted molar refractivity (Wildman–Crippen MR) is 97.5 cm³/mol. The van der Waals surface area contributed by atoms with Gasteiger partial charge in [0.1, 0.15) is 11.9 Å². The second-order valence-corrected chi connectivity index (χ2v) is 6.45. The minimum atomic E-state index is -4.43. The van der Waals surface area contributed by atoms with Crippen LogP contribution in [0.5, 0.6) is 5.88 Å². The number of aliphatic hydroxyl groups excluding tert-OH is 1. The van der Waals surface area contributed by atoms with Crippen LogP contribution in [-0.2, 0) is 11.3 Å². The zero-order valence-corrected chi connectivity index (χ0v) is 15.6. The van der Waals surface area contributed by atoms with Crippen molar-refractivity contribution >= 4 is 22.6 Å². The third-order valence-electron chi connectivity index (χ3n) is 3.91. The van der Waals surface area contributed by atoms with Crippen molar-refractivity contribution in [2.75, 3.05) is 11.9 Å². The number of ether oxygens (including phenoxy) is 1. The van der Waals surface area contributed by atoms with Crippen LogP contribution in [0.15, 0.2) is 30.7 Å². The zero-order valence-electron chi connectivity index (χ0n) is 15.6. The number of fused-ring (bicyclic) bond motifs is 1. The number of aromatic nitrogens is 4. The molecule has 0 aliphatic heterocycles. The van der Waals surface area contributed by atoms with Gasteiger partial charge in [-0.25, -0.2) is 9.97 Å². The van der Waals surface area contributed by atoms with E-state index < -0.39 is 24.8 Å². The largest absolute Gasteiger partial charge is 0.468 e. The Kier molecular flexibility index (Phi) is 5.69. The summed E-state index contributed by atoms with van der Waals surface area (Å²) in [4.78, 5) is 19.8. The summed E-state index contributed by atoms with van der Waals surface area (Å²) < 4.78 is 43.2. The first kappa shape index (κ1) is 20.5. The highest BCUT2D eigenvalue weighted by Crippen LogP contribution is 2.23. The van der Waals surface area contributed by atoms with Crippen molar-refractivity contribution in [3.8, 4) is 5.88 Å². The highest BCUT2D eigenvalue weighted by molar-refractivity contribution is 6.00. The van der Waals surface area contributed by atoms with Crippen LogP contribution in [-0.4, -0.2) is 49.6 Å². The summed E-state index contributed by atoms with van der Waals surface area (Å²) in [6, 6.07) is 3.33. The maximum Gasteiger partial charge on any atom is 0.422 e. The molecule has 1 unspecified atom stereocenters. The number of hydrogen-bond donors (Lipinski definition) is 2. The fraction of sp³-hybridized carbons (Fsp3) is 0.333. The Morgan fingerprint density at radius 3 is 2.79 bits per heavy atom. The van der Waals surface area contributed by atoms with Crippen LogP contribution < -0.4 is 10.1 Å². The van der Waals surface area contributed by atoms with E-state index in [0.717, 1.165) is 0 Å². The first-order valence-electron chi connectivity index (χ1n) is 8.58. The summed E-state index contributed by atoms with van der Waals surface area (Å²) in [5.74, 6) is -0.402. The van der Waals surface area contributed by atoms with Gasteiger partial charge in [0, 0.05) is 24.2 Å². The number of carbonyl (C=O) groups is 1. The molecule has 1 atom stereocenters. The number of nitrogens with zero attached hydrogens (tertiary/aromatic N) is 4. The van der Waals surface area contributed by atoms with Gasteiger partial charge in [-0.15, -0.1) is 0 Å². The number of hydrogen-bond acceptors (Lipinski definition) is 6. The molecule has 1 amide bonds. The number of rotatable bonds is 6. The lowest BCUT2D eigenvalue weighted by molar-refractivity contribution is -0.154. The van der Waals surface area contributed by atoms with E-state index in [9.17, 15) is 23.1 Å². The third-order valence-corrected chi connectivity index (χ3v) is 3.91. The third kappa shape index (κ3) is 5.19. The summed E-state index contributed by atoms with van der Waals surface area (Å²) in [6.07, 6.45) is -1.05. The van der Waals surface area contributed by atoms with E-state index in [1.165, 1.54) is 19.3 Å². The van der Waals surface area contributed by atoms with Crippen molar-refractivity contribution in [2.24, 2.45) is 0 Å². The van der Waals surface area contributed by atoms with E-state index in [1.54, 1.807) is 29.9 Å². The number of halogens is 3. The molecule has 0 fully saturated rings. The summed E-state index contributed by atoms with van der Waals surface area (Å²) in [5, 5.41) is 16.9. The van der Waals surface area contributed by atoms with Gasteiger partial charge in [-0.2, -0.15) is 18.3 Å². The van der Waals surface area contributed by atoms with Gasteiger partial charge < -0.3 is 15.2 Å². The predicted octanol–water partition coefficient (Wildman–Crippen LogP) is 2.44. The van der Waals surface area contributed by atoms with Gasteiger partial charge >= 0.3 is 6.18 Å². The quantitative estimate of drug-likeness (QED) is 0.649. The lowest BCUT2D eigenvalue weighted by Crippen LogP contribution is -2.24.